The van der Waals surface area contributed by atoms with Crippen LogP contribution in [0.3, 0.4) is 0 Å². The van der Waals surface area contributed by atoms with Crippen LogP contribution < -0.4 is 5.32 Å². The van der Waals surface area contributed by atoms with Gasteiger partial charge in [-0.05, 0) is 39.5 Å². The standard InChI is InChI=1S/C13H20N2OS/c1-9-11(8-14-10-4-5-10)17-12(15-9)13(2)6-3-7-16-13/h10,14H,3-8H2,1-2H3. The van der Waals surface area contributed by atoms with Gasteiger partial charge in [0, 0.05) is 24.1 Å². The average molecular weight is 252 g/mol. The van der Waals surface area contributed by atoms with Crippen LogP contribution in [0, 0.1) is 6.92 Å². The van der Waals surface area contributed by atoms with Crippen molar-refractivity contribution in [3.63, 3.8) is 0 Å². The van der Waals surface area contributed by atoms with Crippen LogP contribution >= 0.6 is 11.3 Å². The largest absolute Gasteiger partial charge is 0.368 e. The van der Waals surface area contributed by atoms with Gasteiger partial charge in [0.2, 0.25) is 0 Å². The molecule has 2 heterocycles. The summed E-state index contributed by atoms with van der Waals surface area (Å²) in [5, 5.41) is 4.73. The lowest BCUT2D eigenvalue weighted by Gasteiger charge is -2.19. The Balaban J connectivity index is 1.74. The zero-order valence-corrected chi connectivity index (χ0v) is 11.4. The molecule has 0 spiro atoms. The summed E-state index contributed by atoms with van der Waals surface area (Å²) in [7, 11) is 0. The Morgan fingerprint density at radius 2 is 2.35 bits per heavy atom. The maximum absolute atomic E-state index is 5.86. The summed E-state index contributed by atoms with van der Waals surface area (Å²) in [4.78, 5) is 6.09. The van der Waals surface area contributed by atoms with Gasteiger partial charge in [0.1, 0.15) is 10.6 Å². The molecule has 1 aromatic rings. The van der Waals surface area contributed by atoms with Crippen molar-refractivity contribution in [3.05, 3.63) is 15.6 Å². The number of rotatable bonds is 4. The molecule has 1 unspecified atom stereocenters. The van der Waals surface area contributed by atoms with Crippen molar-refractivity contribution >= 4 is 11.3 Å². The molecule has 1 saturated carbocycles. The van der Waals surface area contributed by atoms with Gasteiger partial charge in [-0.15, -0.1) is 11.3 Å². The number of ether oxygens (including phenoxy) is 1. The third-order valence-corrected chi connectivity index (χ3v) is 5.10. The second-order valence-corrected chi connectivity index (χ2v) is 6.45. The second kappa shape index (κ2) is 4.34. The van der Waals surface area contributed by atoms with E-state index in [9.17, 15) is 0 Å². The van der Waals surface area contributed by atoms with E-state index in [-0.39, 0.29) is 5.60 Å². The molecule has 1 aromatic heterocycles. The molecule has 3 nitrogen and oxygen atoms in total. The van der Waals surface area contributed by atoms with Crippen LogP contribution in [-0.2, 0) is 16.9 Å². The SMILES string of the molecule is Cc1nc(C2(C)CCCO2)sc1CNC1CC1. The van der Waals surface area contributed by atoms with Gasteiger partial charge in [0.15, 0.2) is 0 Å². The number of hydrogen-bond acceptors (Lipinski definition) is 4. The molecule has 94 valence electrons. The Kier molecular flexibility index (Phi) is 2.97. The predicted molar refractivity (Wildman–Crippen MR) is 69.3 cm³/mol. The summed E-state index contributed by atoms with van der Waals surface area (Å²) < 4.78 is 5.86. The van der Waals surface area contributed by atoms with E-state index in [0.717, 1.165) is 32.0 Å². The fraction of sp³-hybridized carbons (Fsp3) is 0.769. The molecule has 0 amide bonds. The maximum atomic E-state index is 5.86. The van der Waals surface area contributed by atoms with Gasteiger partial charge >= 0.3 is 0 Å². The van der Waals surface area contributed by atoms with Gasteiger partial charge < -0.3 is 10.1 Å². The molecule has 3 rings (SSSR count). The Bertz CT molecular complexity index is 406. The molecule has 0 bridgehead atoms. The maximum Gasteiger partial charge on any atom is 0.125 e. The zero-order valence-electron chi connectivity index (χ0n) is 10.6. The highest BCUT2D eigenvalue weighted by Gasteiger charge is 2.35. The molecule has 2 fully saturated rings. The van der Waals surface area contributed by atoms with Crippen molar-refractivity contribution in [1.82, 2.24) is 10.3 Å². The minimum Gasteiger partial charge on any atom is -0.368 e. The molecule has 0 aromatic carbocycles. The van der Waals surface area contributed by atoms with Crippen LogP contribution in [0.4, 0.5) is 0 Å². The number of nitrogens with zero attached hydrogens (tertiary/aromatic N) is 1. The van der Waals surface area contributed by atoms with Crippen molar-refractivity contribution in [3.8, 4) is 0 Å². The summed E-state index contributed by atoms with van der Waals surface area (Å²) in [5.74, 6) is 0. The Hall–Kier alpha value is -0.450. The Morgan fingerprint density at radius 3 is 3.00 bits per heavy atom. The van der Waals surface area contributed by atoms with Gasteiger partial charge in [-0.3, -0.25) is 0 Å². The first-order chi connectivity index (χ1) is 8.17. The minimum atomic E-state index is -0.118. The highest BCUT2D eigenvalue weighted by molar-refractivity contribution is 7.11. The lowest BCUT2D eigenvalue weighted by molar-refractivity contribution is 0.0166. The molecular weight excluding hydrogens is 232 g/mol. The monoisotopic (exact) mass is 252 g/mol. The molecule has 1 saturated heterocycles. The lowest BCUT2D eigenvalue weighted by atomic mass is 10.0. The van der Waals surface area contributed by atoms with E-state index in [0.29, 0.717) is 0 Å². The van der Waals surface area contributed by atoms with E-state index >= 15 is 0 Å². The van der Waals surface area contributed by atoms with E-state index < -0.39 is 0 Å². The summed E-state index contributed by atoms with van der Waals surface area (Å²) in [6, 6.07) is 0.762. The lowest BCUT2D eigenvalue weighted by Crippen LogP contribution is -2.19. The fourth-order valence-electron chi connectivity index (χ4n) is 2.29. The fourth-order valence-corrected chi connectivity index (χ4v) is 3.43. The average Bonchev–Trinajstić information content (AvgIpc) is 2.91. The van der Waals surface area contributed by atoms with Crippen LogP contribution in [-0.4, -0.2) is 17.6 Å². The van der Waals surface area contributed by atoms with Gasteiger partial charge in [0.05, 0.1) is 5.69 Å². The van der Waals surface area contributed by atoms with Crippen LogP contribution in [0.2, 0.25) is 0 Å². The molecular formula is C13H20N2OS. The van der Waals surface area contributed by atoms with Crippen LogP contribution in [0.5, 0.6) is 0 Å². The Labute approximate surface area is 107 Å². The van der Waals surface area contributed by atoms with Crippen LogP contribution in [0.15, 0.2) is 0 Å². The summed E-state index contributed by atoms with van der Waals surface area (Å²) in [6.07, 6.45) is 4.94. The first-order valence-corrected chi connectivity index (χ1v) is 7.33. The predicted octanol–water partition coefficient (Wildman–Crippen LogP) is 2.73. The first-order valence-electron chi connectivity index (χ1n) is 6.51. The number of thiazole rings is 1. The van der Waals surface area contributed by atoms with Gasteiger partial charge in [-0.2, -0.15) is 0 Å². The molecule has 2 aliphatic rings. The third-order valence-electron chi connectivity index (χ3n) is 3.69. The van der Waals surface area contributed by atoms with E-state index in [1.165, 1.54) is 28.4 Å². The molecule has 1 N–H and O–H groups in total. The van der Waals surface area contributed by atoms with Crippen LogP contribution in [0.25, 0.3) is 0 Å². The van der Waals surface area contributed by atoms with Gasteiger partial charge in [-0.1, -0.05) is 0 Å². The van der Waals surface area contributed by atoms with Gasteiger partial charge in [0.25, 0.3) is 0 Å². The van der Waals surface area contributed by atoms with E-state index in [2.05, 4.69) is 19.2 Å². The molecule has 0 radical (unpaired) electrons. The highest BCUT2D eigenvalue weighted by Crippen LogP contribution is 2.38. The minimum absolute atomic E-state index is 0.118. The number of nitrogens with one attached hydrogen (secondary N) is 1. The number of aromatic nitrogens is 1. The summed E-state index contributed by atoms with van der Waals surface area (Å²) in [5.41, 5.74) is 1.06. The van der Waals surface area contributed by atoms with Crippen LogP contribution in [0.1, 0.15) is 48.2 Å². The quantitative estimate of drug-likeness (QED) is 0.894. The topological polar surface area (TPSA) is 34.1 Å². The zero-order chi connectivity index (χ0) is 11.9. The summed E-state index contributed by atoms with van der Waals surface area (Å²) in [6.45, 7) is 6.15. The third kappa shape index (κ3) is 2.39. The van der Waals surface area contributed by atoms with Crippen molar-refractivity contribution in [1.29, 1.82) is 0 Å². The van der Waals surface area contributed by atoms with E-state index in [4.69, 9.17) is 9.72 Å². The molecule has 1 aliphatic heterocycles. The highest BCUT2D eigenvalue weighted by atomic mass is 32.1. The molecule has 1 aliphatic carbocycles. The van der Waals surface area contributed by atoms with Gasteiger partial charge in [-0.25, -0.2) is 4.98 Å². The van der Waals surface area contributed by atoms with Crippen molar-refractivity contribution in [2.75, 3.05) is 6.61 Å². The smallest absolute Gasteiger partial charge is 0.125 e. The van der Waals surface area contributed by atoms with E-state index in [1.807, 2.05) is 11.3 Å². The molecule has 4 heteroatoms. The molecule has 1 atom stereocenters. The second-order valence-electron chi connectivity index (χ2n) is 5.37. The number of aryl methyl sites for hydroxylation is 1. The normalized spacial score (nSPS) is 28.8. The van der Waals surface area contributed by atoms with Crippen molar-refractivity contribution in [2.24, 2.45) is 0 Å². The summed E-state index contributed by atoms with van der Waals surface area (Å²) >= 11 is 1.83. The number of hydrogen-bond donors (Lipinski definition) is 1. The Morgan fingerprint density at radius 1 is 1.53 bits per heavy atom. The van der Waals surface area contributed by atoms with E-state index in [1.54, 1.807) is 0 Å². The first kappa shape index (κ1) is 11.6. The van der Waals surface area contributed by atoms with Crippen molar-refractivity contribution in [2.45, 2.75) is 57.7 Å². The molecule has 17 heavy (non-hydrogen) atoms. The van der Waals surface area contributed by atoms with Crippen molar-refractivity contribution < 1.29 is 4.74 Å².